The maximum atomic E-state index is 14.0. The lowest BCUT2D eigenvalue weighted by atomic mass is 9.92. The molecular formula is C24H30ClFN2O. The van der Waals surface area contributed by atoms with Gasteiger partial charge in [0.05, 0.1) is 6.04 Å². The average molecular weight is 417 g/mol. The van der Waals surface area contributed by atoms with E-state index in [0.29, 0.717) is 23.0 Å². The number of piperidine rings is 1. The lowest BCUT2D eigenvalue weighted by Crippen LogP contribution is -2.41. The first-order valence-electron chi connectivity index (χ1n) is 10.4. The molecule has 29 heavy (non-hydrogen) atoms. The van der Waals surface area contributed by atoms with E-state index in [1.165, 1.54) is 6.07 Å². The number of carbonyl (C=O) groups excluding carboxylic acids is 1. The minimum absolute atomic E-state index is 0.0136. The van der Waals surface area contributed by atoms with Crippen molar-refractivity contribution in [1.82, 2.24) is 10.2 Å². The molecule has 1 heterocycles. The van der Waals surface area contributed by atoms with Crippen LogP contribution in [0.4, 0.5) is 4.39 Å². The van der Waals surface area contributed by atoms with E-state index in [9.17, 15) is 9.18 Å². The fourth-order valence-corrected chi connectivity index (χ4v) is 4.13. The average Bonchev–Trinajstić information content (AvgIpc) is 2.70. The van der Waals surface area contributed by atoms with E-state index in [4.69, 9.17) is 11.6 Å². The zero-order chi connectivity index (χ0) is 20.8. The molecule has 1 saturated heterocycles. The molecule has 0 saturated carbocycles. The summed E-state index contributed by atoms with van der Waals surface area (Å²) in [6, 6.07) is 15.1. The number of halogens is 2. The Morgan fingerprint density at radius 2 is 1.86 bits per heavy atom. The molecule has 0 aromatic heterocycles. The Hall–Kier alpha value is -1.91. The van der Waals surface area contributed by atoms with Gasteiger partial charge in [0.2, 0.25) is 5.91 Å². The first kappa shape index (κ1) is 21.8. The van der Waals surface area contributed by atoms with Gasteiger partial charge in [-0.25, -0.2) is 4.39 Å². The number of carbonyl (C=O) groups is 1. The Morgan fingerprint density at radius 3 is 2.48 bits per heavy atom. The monoisotopic (exact) mass is 416 g/mol. The second kappa shape index (κ2) is 10.2. The summed E-state index contributed by atoms with van der Waals surface area (Å²) >= 11 is 5.83. The Morgan fingerprint density at radius 1 is 1.17 bits per heavy atom. The topological polar surface area (TPSA) is 32.3 Å². The van der Waals surface area contributed by atoms with Crippen molar-refractivity contribution in [3.05, 3.63) is 70.5 Å². The van der Waals surface area contributed by atoms with Gasteiger partial charge in [-0.3, -0.25) is 9.69 Å². The zero-order valence-electron chi connectivity index (χ0n) is 17.2. The molecule has 1 fully saturated rings. The molecule has 1 atom stereocenters. The number of nitrogens with zero attached hydrogens (tertiary/aromatic N) is 1. The quantitative estimate of drug-likeness (QED) is 0.637. The second-order valence-electron chi connectivity index (χ2n) is 8.39. The van der Waals surface area contributed by atoms with Crippen LogP contribution in [0.5, 0.6) is 0 Å². The smallest absolute Gasteiger partial charge is 0.223 e. The van der Waals surface area contributed by atoms with Gasteiger partial charge in [-0.2, -0.15) is 0 Å². The van der Waals surface area contributed by atoms with Crippen LogP contribution >= 0.6 is 11.6 Å². The van der Waals surface area contributed by atoms with Crippen molar-refractivity contribution in [2.75, 3.05) is 13.1 Å². The fraction of sp³-hybridized carbons (Fsp3) is 0.458. The summed E-state index contributed by atoms with van der Waals surface area (Å²) < 4.78 is 14.0. The SMILES string of the molecule is CC(C)CC(NC(=O)C1CCN(Cc2ccc(Cl)cc2F)CC1)c1ccccc1. The van der Waals surface area contributed by atoms with E-state index in [0.717, 1.165) is 37.9 Å². The van der Waals surface area contributed by atoms with E-state index < -0.39 is 0 Å². The summed E-state index contributed by atoms with van der Waals surface area (Å²) in [5.41, 5.74) is 1.81. The fourth-order valence-electron chi connectivity index (χ4n) is 3.97. The molecular weight excluding hydrogens is 387 g/mol. The van der Waals surface area contributed by atoms with Crippen molar-refractivity contribution < 1.29 is 9.18 Å². The van der Waals surface area contributed by atoms with Crippen LogP contribution in [0, 0.1) is 17.7 Å². The predicted octanol–water partition coefficient (Wildman–Crippen LogP) is 5.59. The van der Waals surface area contributed by atoms with Crippen molar-refractivity contribution in [3.63, 3.8) is 0 Å². The van der Waals surface area contributed by atoms with Gasteiger partial charge in [-0.1, -0.05) is 61.8 Å². The third kappa shape index (κ3) is 6.28. The third-order valence-corrected chi connectivity index (χ3v) is 5.83. The molecule has 0 spiro atoms. The van der Waals surface area contributed by atoms with Crippen LogP contribution in [0.15, 0.2) is 48.5 Å². The number of benzene rings is 2. The minimum atomic E-state index is -0.267. The molecule has 0 bridgehead atoms. The lowest BCUT2D eigenvalue weighted by molar-refractivity contribution is -0.127. The Labute approximate surface area is 178 Å². The normalized spacial score (nSPS) is 16.7. The summed E-state index contributed by atoms with van der Waals surface area (Å²) in [5, 5.41) is 3.70. The number of likely N-dealkylation sites (tertiary alicyclic amines) is 1. The molecule has 1 unspecified atom stereocenters. The van der Waals surface area contributed by atoms with Crippen molar-refractivity contribution in [1.29, 1.82) is 0 Å². The molecule has 0 aliphatic carbocycles. The third-order valence-electron chi connectivity index (χ3n) is 5.59. The number of rotatable bonds is 7. The Bertz CT molecular complexity index is 804. The van der Waals surface area contributed by atoms with E-state index in [1.54, 1.807) is 12.1 Å². The molecule has 3 nitrogen and oxygen atoms in total. The Kier molecular flexibility index (Phi) is 7.68. The highest BCUT2D eigenvalue weighted by Crippen LogP contribution is 2.25. The van der Waals surface area contributed by atoms with Crippen LogP contribution in [0.25, 0.3) is 0 Å². The number of hydrogen-bond donors (Lipinski definition) is 1. The first-order chi connectivity index (χ1) is 13.9. The van der Waals surface area contributed by atoms with Gasteiger partial charge in [0, 0.05) is 23.0 Å². The van der Waals surface area contributed by atoms with Crippen LogP contribution in [0.3, 0.4) is 0 Å². The van der Waals surface area contributed by atoms with Gasteiger partial charge in [-0.15, -0.1) is 0 Å². The van der Waals surface area contributed by atoms with E-state index >= 15 is 0 Å². The summed E-state index contributed by atoms with van der Waals surface area (Å²) in [6.45, 7) is 6.49. The predicted molar refractivity (Wildman–Crippen MR) is 116 cm³/mol. The molecule has 1 aliphatic heterocycles. The van der Waals surface area contributed by atoms with Crippen molar-refractivity contribution in [3.8, 4) is 0 Å². The van der Waals surface area contributed by atoms with Crippen LogP contribution in [0.2, 0.25) is 5.02 Å². The molecule has 2 aromatic rings. The van der Waals surface area contributed by atoms with Crippen LogP contribution in [-0.4, -0.2) is 23.9 Å². The van der Waals surface area contributed by atoms with Gasteiger partial charge in [-0.05, 0) is 56.0 Å². The van der Waals surface area contributed by atoms with Crippen molar-refractivity contribution in [2.45, 2.75) is 45.7 Å². The highest BCUT2D eigenvalue weighted by molar-refractivity contribution is 6.30. The van der Waals surface area contributed by atoms with Gasteiger partial charge in [0.25, 0.3) is 0 Å². The van der Waals surface area contributed by atoms with Crippen molar-refractivity contribution >= 4 is 17.5 Å². The van der Waals surface area contributed by atoms with Crippen molar-refractivity contribution in [2.24, 2.45) is 11.8 Å². The minimum Gasteiger partial charge on any atom is -0.349 e. The summed E-state index contributed by atoms with van der Waals surface area (Å²) in [7, 11) is 0. The standard InChI is InChI=1S/C24H30ClFN2O/c1-17(2)14-23(18-6-4-3-5-7-18)27-24(29)19-10-12-28(13-11-19)16-20-8-9-21(25)15-22(20)26/h3-9,15,17,19,23H,10-14,16H2,1-2H3,(H,27,29). The molecule has 1 amide bonds. The first-order valence-corrected chi connectivity index (χ1v) is 10.8. The van der Waals surface area contributed by atoms with Gasteiger partial charge < -0.3 is 5.32 Å². The van der Waals surface area contributed by atoms with E-state index in [2.05, 4.69) is 36.2 Å². The van der Waals surface area contributed by atoms with Crippen LogP contribution in [-0.2, 0) is 11.3 Å². The number of hydrogen-bond acceptors (Lipinski definition) is 2. The summed E-state index contributed by atoms with van der Waals surface area (Å²) in [6.07, 6.45) is 2.51. The van der Waals surface area contributed by atoms with Gasteiger partial charge >= 0.3 is 0 Å². The number of nitrogens with one attached hydrogen (secondary N) is 1. The number of amides is 1. The molecule has 1 aliphatic rings. The molecule has 156 valence electrons. The summed E-state index contributed by atoms with van der Waals surface area (Å²) in [5.74, 6) is 0.380. The largest absolute Gasteiger partial charge is 0.349 e. The second-order valence-corrected chi connectivity index (χ2v) is 8.82. The molecule has 1 N–H and O–H groups in total. The van der Waals surface area contributed by atoms with Crippen LogP contribution < -0.4 is 5.32 Å². The van der Waals surface area contributed by atoms with E-state index in [1.807, 2.05) is 18.2 Å². The van der Waals surface area contributed by atoms with Crippen LogP contribution in [0.1, 0.15) is 50.3 Å². The maximum absolute atomic E-state index is 14.0. The molecule has 0 radical (unpaired) electrons. The summed E-state index contributed by atoms with van der Waals surface area (Å²) in [4.78, 5) is 15.1. The maximum Gasteiger partial charge on any atom is 0.223 e. The Balaban J connectivity index is 1.54. The lowest BCUT2D eigenvalue weighted by Gasteiger charge is -2.32. The molecule has 2 aromatic carbocycles. The highest BCUT2D eigenvalue weighted by Gasteiger charge is 2.27. The molecule has 5 heteroatoms. The van der Waals surface area contributed by atoms with E-state index in [-0.39, 0.29) is 23.7 Å². The zero-order valence-corrected chi connectivity index (χ0v) is 18.0. The van der Waals surface area contributed by atoms with Gasteiger partial charge in [0.15, 0.2) is 0 Å². The highest BCUT2D eigenvalue weighted by atomic mass is 35.5. The molecule has 3 rings (SSSR count). The van der Waals surface area contributed by atoms with Gasteiger partial charge in [0.1, 0.15) is 5.82 Å².